The first-order valence-electron chi connectivity index (χ1n) is 6.74. The molecule has 0 fully saturated rings. The lowest BCUT2D eigenvalue weighted by molar-refractivity contribution is 0.403. The van der Waals surface area contributed by atoms with Crippen molar-refractivity contribution in [2.45, 2.75) is 19.3 Å². The van der Waals surface area contributed by atoms with Crippen LogP contribution in [0, 0.1) is 0 Å². The molecule has 0 spiro atoms. The van der Waals surface area contributed by atoms with Crippen LogP contribution in [0.1, 0.15) is 18.4 Å². The quantitative estimate of drug-likeness (QED) is 0.772. The lowest BCUT2D eigenvalue weighted by Crippen LogP contribution is -2.17. The summed E-state index contributed by atoms with van der Waals surface area (Å²) in [7, 11) is 0. The van der Waals surface area contributed by atoms with Gasteiger partial charge in [-0.3, -0.25) is 0 Å². The monoisotopic (exact) mass is 289 g/mol. The van der Waals surface area contributed by atoms with E-state index in [4.69, 9.17) is 11.6 Å². The van der Waals surface area contributed by atoms with Crippen molar-refractivity contribution >= 4 is 23.0 Å². The van der Waals surface area contributed by atoms with Crippen LogP contribution in [0.25, 0.3) is 0 Å². The minimum absolute atomic E-state index is 0.170. The fourth-order valence-electron chi connectivity index (χ4n) is 2.70. The Kier molecular flexibility index (Phi) is 3.45. The van der Waals surface area contributed by atoms with Crippen molar-refractivity contribution in [3.63, 3.8) is 0 Å². The highest BCUT2D eigenvalue weighted by Crippen LogP contribution is 2.45. The molecular formula is C16H16ClNO2. The van der Waals surface area contributed by atoms with Crippen molar-refractivity contribution in [3.05, 3.63) is 47.0 Å². The van der Waals surface area contributed by atoms with Gasteiger partial charge in [-0.05, 0) is 37.0 Å². The van der Waals surface area contributed by atoms with Crippen LogP contribution < -0.4 is 4.90 Å². The summed E-state index contributed by atoms with van der Waals surface area (Å²) in [6.07, 6.45) is 2.87. The number of rotatable bonds is 1. The number of aromatic hydroxyl groups is 2. The van der Waals surface area contributed by atoms with Crippen molar-refractivity contribution in [2.24, 2.45) is 0 Å². The summed E-state index contributed by atoms with van der Waals surface area (Å²) >= 11 is 6.21. The number of fused-ring (bicyclic) bond motifs is 1. The Bertz CT molecular complexity index is 628. The van der Waals surface area contributed by atoms with E-state index in [2.05, 4.69) is 4.90 Å². The van der Waals surface area contributed by atoms with E-state index in [1.807, 2.05) is 30.3 Å². The number of hydrogen-bond donors (Lipinski definition) is 2. The average Bonchev–Trinajstić information content (AvgIpc) is 2.68. The van der Waals surface area contributed by atoms with Gasteiger partial charge in [0.1, 0.15) is 0 Å². The first-order valence-corrected chi connectivity index (χ1v) is 7.12. The van der Waals surface area contributed by atoms with Gasteiger partial charge in [0.05, 0.1) is 5.02 Å². The molecule has 0 unspecified atom stereocenters. The highest BCUT2D eigenvalue weighted by molar-refractivity contribution is 6.33. The van der Waals surface area contributed by atoms with Gasteiger partial charge in [-0.15, -0.1) is 0 Å². The van der Waals surface area contributed by atoms with Gasteiger partial charge >= 0.3 is 0 Å². The van der Waals surface area contributed by atoms with Gasteiger partial charge in [-0.25, -0.2) is 0 Å². The molecule has 3 rings (SSSR count). The van der Waals surface area contributed by atoms with Crippen molar-refractivity contribution < 1.29 is 10.2 Å². The molecule has 1 aliphatic rings. The molecule has 1 heterocycles. The zero-order chi connectivity index (χ0) is 14.1. The van der Waals surface area contributed by atoms with Crippen molar-refractivity contribution in [1.82, 2.24) is 0 Å². The summed E-state index contributed by atoms with van der Waals surface area (Å²) in [5, 5.41) is 19.9. The molecule has 2 aromatic carbocycles. The summed E-state index contributed by atoms with van der Waals surface area (Å²) < 4.78 is 0. The van der Waals surface area contributed by atoms with Gasteiger partial charge < -0.3 is 15.1 Å². The second-order valence-electron chi connectivity index (χ2n) is 5.00. The molecule has 2 N–H and O–H groups in total. The third kappa shape index (κ3) is 2.18. The number of anilines is 2. The summed E-state index contributed by atoms with van der Waals surface area (Å²) in [5.41, 5.74) is 2.86. The molecule has 4 heteroatoms. The first kappa shape index (κ1) is 13.1. The van der Waals surface area contributed by atoms with E-state index < -0.39 is 0 Å². The lowest BCUT2D eigenvalue weighted by Gasteiger charge is -2.26. The lowest BCUT2D eigenvalue weighted by atomic mass is 10.1. The third-order valence-corrected chi connectivity index (χ3v) is 4.12. The SMILES string of the molecule is Oc1cc2c(c(Cl)c1O)CCCCN2c1ccccc1. The first-order chi connectivity index (χ1) is 9.68. The van der Waals surface area contributed by atoms with Gasteiger partial charge in [0.15, 0.2) is 11.5 Å². The van der Waals surface area contributed by atoms with Gasteiger partial charge in [0.25, 0.3) is 0 Å². The third-order valence-electron chi connectivity index (χ3n) is 3.72. The van der Waals surface area contributed by atoms with E-state index in [9.17, 15) is 10.2 Å². The predicted molar refractivity (Wildman–Crippen MR) is 81.2 cm³/mol. The van der Waals surface area contributed by atoms with Gasteiger partial charge in [-0.2, -0.15) is 0 Å². The van der Waals surface area contributed by atoms with Gasteiger partial charge in [0, 0.05) is 24.0 Å². The number of hydrogen-bond acceptors (Lipinski definition) is 3. The Balaban J connectivity index is 2.17. The minimum Gasteiger partial charge on any atom is -0.504 e. The highest BCUT2D eigenvalue weighted by atomic mass is 35.5. The zero-order valence-electron chi connectivity index (χ0n) is 11.0. The molecule has 3 nitrogen and oxygen atoms in total. The number of nitrogens with zero attached hydrogens (tertiary/aromatic N) is 1. The van der Waals surface area contributed by atoms with Crippen LogP contribution in [0.15, 0.2) is 36.4 Å². The standard InChI is InChI=1S/C16H16ClNO2/c17-15-12-8-4-5-9-18(11-6-2-1-3-7-11)13(12)10-14(19)16(15)20/h1-3,6-7,10,19-20H,4-5,8-9H2. The molecule has 0 saturated carbocycles. The van der Waals surface area contributed by atoms with E-state index in [1.54, 1.807) is 6.07 Å². The Morgan fingerprint density at radius 3 is 2.55 bits per heavy atom. The molecule has 2 aromatic rings. The highest BCUT2D eigenvalue weighted by Gasteiger charge is 2.23. The largest absolute Gasteiger partial charge is 0.504 e. The normalized spacial score (nSPS) is 14.8. The number of phenols is 2. The number of halogens is 1. The molecule has 1 aliphatic heterocycles. The van der Waals surface area contributed by atoms with E-state index >= 15 is 0 Å². The second kappa shape index (κ2) is 5.25. The number of benzene rings is 2. The van der Waals surface area contributed by atoms with Crippen LogP contribution in [-0.4, -0.2) is 16.8 Å². The average molecular weight is 290 g/mol. The molecule has 0 saturated heterocycles. The Hall–Kier alpha value is -1.87. The predicted octanol–water partition coefficient (Wildman–Crippen LogP) is 4.23. The van der Waals surface area contributed by atoms with E-state index in [0.29, 0.717) is 0 Å². The van der Waals surface area contributed by atoms with Crippen molar-refractivity contribution in [2.75, 3.05) is 11.4 Å². The molecule has 0 aromatic heterocycles. The topological polar surface area (TPSA) is 43.7 Å². The maximum atomic E-state index is 9.85. The van der Waals surface area contributed by atoms with Crippen molar-refractivity contribution in [1.29, 1.82) is 0 Å². The summed E-state index contributed by atoms with van der Waals surface area (Å²) in [6.45, 7) is 0.873. The van der Waals surface area contributed by atoms with Crippen LogP contribution in [0.3, 0.4) is 0 Å². The molecule has 0 radical (unpaired) electrons. The summed E-state index contributed by atoms with van der Waals surface area (Å²) in [4.78, 5) is 2.15. The van der Waals surface area contributed by atoms with E-state index in [0.717, 1.165) is 42.7 Å². The van der Waals surface area contributed by atoms with Crippen LogP contribution in [-0.2, 0) is 6.42 Å². The maximum Gasteiger partial charge on any atom is 0.176 e. The molecule has 0 aliphatic carbocycles. The van der Waals surface area contributed by atoms with Crippen LogP contribution in [0.2, 0.25) is 5.02 Å². The van der Waals surface area contributed by atoms with Crippen LogP contribution in [0.4, 0.5) is 11.4 Å². The van der Waals surface area contributed by atoms with Crippen LogP contribution >= 0.6 is 11.6 Å². The minimum atomic E-state index is -0.222. The summed E-state index contributed by atoms with van der Waals surface area (Å²) in [5.74, 6) is -0.392. The maximum absolute atomic E-state index is 9.85. The smallest absolute Gasteiger partial charge is 0.176 e. The molecule has 0 atom stereocenters. The molecule has 20 heavy (non-hydrogen) atoms. The van der Waals surface area contributed by atoms with Crippen molar-refractivity contribution in [3.8, 4) is 11.5 Å². The zero-order valence-corrected chi connectivity index (χ0v) is 11.8. The fourth-order valence-corrected chi connectivity index (χ4v) is 2.99. The summed E-state index contributed by atoms with van der Waals surface area (Å²) in [6, 6.07) is 11.6. The fraction of sp³-hybridized carbons (Fsp3) is 0.250. The molecule has 0 bridgehead atoms. The molecule has 0 amide bonds. The Morgan fingerprint density at radius 1 is 1.05 bits per heavy atom. The van der Waals surface area contributed by atoms with Crippen LogP contribution in [0.5, 0.6) is 11.5 Å². The van der Waals surface area contributed by atoms with E-state index in [-0.39, 0.29) is 16.5 Å². The van der Waals surface area contributed by atoms with Gasteiger partial charge in [-0.1, -0.05) is 29.8 Å². The molecular weight excluding hydrogens is 274 g/mol. The second-order valence-corrected chi connectivity index (χ2v) is 5.38. The number of phenolic OH excluding ortho intramolecular Hbond substituents is 2. The molecule has 104 valence electrons. The number of para-hydroxylation sites is 1. The Morgan fingerprint density at radius 2 is 1.80 bits per heavy atom. The Labute approximate surface area is 123 Å². The van der Waals surface area contributed by atoms with E-state index in [1.165, 1.54) is 0 Å². The van der Waals surface area contributed by atoms with Gasteiger partial charge in [0.2, 0.25) is 0 Å².